The van der Waals surface area contributed by atoms with Crippen LogP contribution in [-0.2, 0) is 0 Å². The molecule has 9 aromatic rings. The summed E-state index contributed by atoms with van der Waals surface area (Å²) in [7, 11) is 0. The summed E-state index contributed by atoms with van der Waals surface area (Å²) in [5.74, 6) is 0. The van der Waals surface area contributed by atoms with Crippen LogP contribution in [0.25, 0.3) is 88.0 Å². The molecule has 9 aromatic carbocycles. The van der Waals surface area contributed by atoms with Gasteiger partial charge in [0, 0.05) is 0 Å². The quantitative estimate of drug-likeness (QED) is 0.171. The Bertz CT molecular complexity index is 2540. The standard InChI is InChI=1S/C48H32/c1-3-11-33(12-4-1)42-29-43(34-13-5-2-6-14-34)31-44(30-42)40-19-10-17-38(28-40)37-16-9-18-39(27-37)41-22-21-36-24-25-46-45-20-8-7-15-35(45)23-26-47(46)48(36)32-41/h1-32H. The number of hydrogen-bond donors (Lipinski definition) is 0. The van der Waals surface area contributed by atoms with Crippen molar-refractivity contribution in [3.63, 3.8) is 0 Å². The smallest absolute Gasteiger partial charge is 0.00987 e. The fraction of sp³-hybridized carbons (Fsp3) is 0. The molecular weight excluding hydrogens is 577 g/mol. The fourth-order valence-electron chi connectivity index (χ4n) is 7.14. The van der Waals surface area contributed by atoms with Crippen LogP contribution in [-0.4, -0.2) is 0 Å². The van der Waals surface area contributed by atoms with Crippen molar-refractivity contribution >= 4 is 32.3 Å². The van der Waals surface area contributed by atoms with Gasteiger partial charge in [-0.25, -0.2) is 0 Å². The highest BCUT2D eigenvalue weighted by molar-refractivity contribution is 6.17. The van der Waals surface area contributed by atoms with Gasteiger partial charge in [-0.2, -0.15) is 0 Å². The molecule has 0 aliphatic heterocycles. The summed E-state index contributed by atoms with van der Waals surface area (Å²) < 4.78 is 0. The Morgan fingerprint density at radius 3 is 1.12 bits per heavy atom. The first kappa shape index (κ1) is 28.0. The van der Waals surface area contributed by atoms with Gasteiger partial charge in [-0.15, -0.1) is 0 Å². The van der Waals surface area contributed by atoms with Gasteiger partial charge in [0.05, 0.1) is 0 Å². The van der Waals surface area contributed by atoms with Gasteiger partial charge in [-0.05, 0) is 124 Å². The van der Waals surface area contributed by atoms with Crippen molar-refractivity contribution in [3.05, 3.63) is 194 Å². The Morgan fingerprint density at radius 1 is 0.167 bits per heavy atom. The van der Waals surface area contributed by atoms with Crippen molar-refractivity contribution in [2.24, 2.45) is 0 Å². The zero-order chi connectivity index (χ0) is 31.9. The highest BCUT2D eigenvalue weighted by Crippen LogP contribution is 2.37. The Balaban J connectivity index is 1.12. The molecule has 0 nitrogen and oxygen atoms in total. The molecule has 0 heterocycles. The lowest BCUT2D eigenvalue weighted by Crippen LogP contribution is -1.87. The highest BCUT2D eigenvalue weighted by atomic mass is 14.1. The summed E-state index contributed by atoms with van der Waals surface area (Å²) in [5.41, 5.74) is 12.2. The lowest BCUT2D eigenvalue weighted by Gasteiger charge is -2.13. The first-order valence-electron chi connectivity index (χ1n) is 16.6. The van der Waals surface area contributed by atoms with Gasteiger partial charge < -0.3 is 0 Å². The number of hydrogen-bond acceptors (Lipinski definition) is 0. The van der Waals surface area contributed by atoms with E-state index in [2.05, 4.69) is 194 Å². The zero-order valence-corrected chi connectivity index (χ0v) is 26.5. The summed E-state index contributed by atoms with van der Waals surface area (Å²) in [6.45, 7) is 0. The van der Waals surface area contributed by atoms with Crippen molar-refractivity contribution in [2.75, 3.05) is 0 Å². The predicted octanol–water partition coefficient (Wildman–Crippen LogP) is 13.5. The van der Waals surface area contributed by atoms with Crippen LogP contribution >= 0.6 is 0 Å². The third-order valence-electron chi connectivity index (χ3n) is 9.62. The predicted molar refractivity (Wildman–Crippen MR) is 206 cm³/mol. The molecule has 0 saturated carbocycles. The van der Waals surface area contributed by atoms with E-state index in [9.17, 15) is 0 Å². The second-order valence-electron chi connectivity index (χ2n) is 12.6. The van der Waals surface area contributed by atoms with E-state index in [-0.39, 0.29) is 0 Å². The second kappa shape index (κ2) is 11.8. The second-order valence-corrected chi connectivity index (χ2v) is 12.6. The maximum atomic E-state index is 2.36. The Kier molecular flexibility index (Phi) is 6.91. The topological polar surface area (TPSA) is 0 Å². The van der Waals surface area contributed by atoms with Crippen LogP contribution in [0.1, 0.15) is 0 Å². The first-order chi connectivity index (χ1) is 23.8. The molecule has 0 N–H and O–H groups in total. The molecule has 0 unspecified atom stereocenters. The third kappa shape index (κ3) is 5.14. The largest absolute Gasteiger partial charge is 0.0622 e. The minimum absolute atomic E-state index is 1.21. The van der Waals surface area contributed by atoms with Crippen LogP contribution in [0, 0.1) is 0 Å². The maximum absolute atomic E-state index is 2.36. The van der Waals surface area contributed by atoms with Crippen molar-refractivity contribution in [1.82, 2.24) is 0 Å². The normalized spacial score (nSPS) is 11.3. The monoisotopic (exact) mass is 608 g/mol. The lowest BCUT2D eigenvalue weighted by atomic mass is 9.91. The van der Waals surface area contributed by atoms with Gasteiger partial charge >= 0.3 is 0 Å². The number of rotatable bonds is 5. The van der Waals surface area contributed by atoms with Crippen LogP contribution in [0.5, 0.6) is 0 Å². The van der Waals surface area contributed by atoms with E-state index in [4.69, 9.17) is 0 Å². The van der Waals surface area contributed by atoms with E-state index >= 15 is 0 Å². The van der Waals surface area contributed by atoms with E-state index in [1.807, 2.05) is 0 Å². The van der Waals surface area contributed by atoms with Crippen LogP contribution < -0.4 is 0 Å². The summed E-state index contributed by atoms with van der Waals surface area (Å²) in [6, 6.07) is 70.8. The lowest BCUT2D eigenvalue weighted by molar-refractivity contribution is 1.55. The van der Waals surface area contributed by atoms with Crippen LogP contribution in [0.15, 0.2) is 194 Å². The molecule has 0 saturated heterocycles. The van der Waals surface area contributed by atoms with Gasteiger partial charge in [-0.1, -0.05) is 158 Å². The molecule has 224 valence electrons. The number of fused-ring (bicyclic) bond motifs is 5. The number of benzene rings is 9. The van der Waals surface area contributed by atoms with E-state index in [1.54, 1.807) is 0 Å². The summed E-state index contributed by atoms with van der Waals surface area (Å²) in [5, 5.41) is 7.72. The van der Waals surface area contributed by atoms with Gasteiger partial charge in [-0.3, -0.25) is 0 Å². The van der Waals surface area contributed by atoms with Gasteiger partial charge in [0.2, 0.25) is 0 Å². The SMILES string of the molecule is c1ccc(-c2cc(-c3ccccc3)cc(-c3cccc(-c4cccc(-c5ccc6ccc7c8ccccc8ccc7c6c5)c4)c3)c2)cc1. The fourth-order valence-corrected chi connectivity index (χ4v) is 7.14. The molecule has 0 heteroatoms. The van der Waals surface area contributed by atoms with Crippen LogP contribution in [0.4, 0.5) is 0 Å². The molecule has 0 fully saturated rings. The first-order valence-corrected chi connectivity index (χ1v) is 16.6. The van der Waals surface area contributed by atoms with E-state index < -0.39 is 0 Å². The van der Waals surface area contributed by atoms with Crippen molar-refractivity contribution in [1.29, 1.82) is 0 Å². The molecule has 0 aliphatic carbocycles. The average Bonchev–Trinajstić information content (AvgIpc) is 3.18. The molecule has 0 aromatic heterocycles. The Hall–Kier alpha value is -6.24. The van der Waals surface area contributed by atoms with Gasteiger partial charge in [0.15, 0.2) is 0 Å². The van der Waals surface area contributed by atoms with Crippen LogP contribution in [0.3, 0.4) is 0 Å². The third-order valence-corrected chi connectivity index (χ3v) is 9.62. The average molecular weight is 609 g/mol. The zero-order valence-electron chi connectivity index (χ0n) is 26.5. The minimum atomic E-state index is 1.21. The minimum Gasteiger partial charge on any atom is -0.0622 e. The molecule has 0 aliphatic rings. The van der Waals surface area contributed by atoms with E-state index in [0.717, 1.165) is 0 Å². The Labute approximate surface area is 281 Å². The molecule has 0 bridgehead atoms. The van der Waals surface area contributed by atoms with Gasteiger partial charge in [0.25, 0.3) is 0 Å². The molecule has 0 atom stereocenters. The van der Waals surface area contributed by atoms with E-state index in [0.29, 0.717) is 0 Å². The molecule has 0 radical (unpaired) electrons. The molecular formula is C48H32. The van der Waals surface area contributed by atoms with Crippen molar-refractivity contribution in [3.8, 4) is 55.6 Å². The summed E-state index contributed by atoms with van der Waals surface area (Å²) >= 11 is 0. The van der Waals surface area contributed by atoms with Crippen molar-refractivity contribution < 1.29 is 0 Å². The highest BCUT2D eigenvalue weighted by Gasteiger charge is 2.11. The van der Waals surface area contributed by atoms with Crippen molar-refractivity contribution in [2.45, 2.75) is 0 Å². The summed E-state index contributed by atoms with van der Waals surface area (Å²) in [4.78, 5) is 0. The molecule has 0 spiro atoms. The van der Waals surface area contributed by atoms with Crippen LogP contribution in [0.2, 0.25) is 0 Å². The molecule has 0 amide bonds. The molecule has 9 rings (SSSR count). The Morgan fingerprint density at radius 2 is 0.542 bits per heavy atom. The molecule has 48 heavy (non-hydrogen) atoms. The summed E-state index contributed by atoms with van der Waals surface area (Å²) in [6.07, 6.45) is 0. The maximum Gasteiger partial charge on any atom is -0.00987 e. The van der Waals surface area contributed by atoms with Gasteiger partial charge in [0.1, 0.15) is 0 Å². The van der Waals surface area contributed by atoms with E-state index in [1.165, 1.54) is 88.0 Å².